The standard InChI is InChI=1S/C13H29N3/c1-4-13(5-2,11-14)12-16-9-7-15(6-3)8-10-16/h4-12,14H2,1-3H3. The Hall–Kier alpha value is -0.120. The third-order valence-corrected chi connectivity index (χ3v) is 4.40. The summed E-state index contributed by atoms with van der Waals surface area (Å²) >= 11 is 0. The van der Waals surface area contributed by atoms with E-state index in [0.29, 0.717) is 5.41 Å². The van der Waals surface area contributed by atoms with Crippen LogP contribution in [0.15, 0.2) is 0 Å². The Balaban J connectivity index is 2.42. The monoisotopic (exact) mass is 227 g/mol. The normalized spacial score (nSPS) is 20.2. The van der Waals surface area contributed by atoms with Gasteiger partial charge in [0, 0.05) is 32.7 Å². The highest BCUT2D eigenvalue weighted by Crippen LogP contribution is 2.26. The highest BCUT2D eigenvalue weighted by molar-refractivity contribution is 4.83. The van der Waals surface area contributed by atoms with Crippen molar-refractivity contribution in [3.05, 3.63) is 0 Å². The van der Waals surface area contributed by atoms with Crippen LogP contribution in [0.5, 0.6) is 0 Å². The maximum Gasteiger partial charge on any atom is 0.0110 e. The van der Waals surface area contributed by atoms with Crippen LogP contribution in [-0.2, 0) is 0 Å². The number of rotatable bonds is 6. The van der Waals surface area contributed by atoms with Crippen molar-refractivity contribution in [3.63, 3.8) is 0 Å². The number of likely N-dealkylation sites (N-methyl/N-ethyl adjacent to an activating group) is 1. The first kappa shape index (κ1) is 13.9. The summed E-state index contributed by atoms with van der Waals surface area (Å²) in [4.78, 5) is 5.13. The minimum absolute atomic E-state index is 0.356. The Kier molecular flexibility index (Phi) is 5.73. The Morgan fingerprint density at radius 1 is 0.938 bits per heavy atom. The van der Waals surface area contributed by atoms with Crippen molar-refractivity contribution >= 4 is 0 Å². The molecule has 0 saturated carbocycles. The molecule has 2 N–H and O–H groups in total. The summed E-state index contributed by atoms with van der Waals surface area (Å²) in [7, 11) is 0. The number of nitrogens with zero attached hydrogens (tertiary/aromatic N) is 2. The smallest absolute Gasteiger partial charge is 0.0110 e. The van der Waals surface area contributed by atoms with Crippen LogP contribution in [0.25, 0.3) is 0 Å². The molecule has 0 atom stereocenters. The van der Waals surface area contributed by atoms with Crippen LogP contribution in [0.1, 0.15) is 33.6 Å². The molecule has 0 radical (unpaired) electrons. The molecule has 0 amide bonds. The lowest BCUT2D eigenvalue weighted by molar-refractivity contribution is 0.0849. The fourth-order valence-corrected chi connectivity index (χ4v) is 2.56. The summed E-state index contributed by atoms with van der Waals surface area (Å²) in [6.45, 7) is 14.9. The van der Waals surface area contributed by atoms with Gasteiger partial charge in [-0.3, -0.25) is 0 Å². The van der Waals surface area contributed by atoms with E-state index in [-0.39, 0.29) is 0 Å². The molecule has 16 heavy (non-hydrogen) atoms. The molecule has 1 rings (SSSR count). The van der Waals surface area contributed by atoms with E-state index in [0.717, 1.165) is 6.54 Å². The maximum atomic E-state index is 5.96. The number of nitrogens with two attached hydrogens (primary N) is 1. The highest BCUT2D eigenvalue weighted by atomic mass is 15.3. The zero-order chi connectivity index (χ0) is 12.0. The molecular weight excluding hydrogens is 198 g/mol. The minimum Gasteiger partial charge on any atom is -0.330 e. The van der Waals surface area contributed by atoms with Gasteiger partial charge in [-0.15, -0.1) is 0 Å². The zero-order valence-electron chi connectivity index (χ0n) is 11.3. The number of hydrogen-bond donors (Lipinski definition) is 1. The molecule has 1 aliphatic rings. The summed E-state index contributed by atoms with van der Waals surface area (Å²) in [5, 5.41) is 0. The first-order valence-electron chi connectivity index (χ1n) is 6.84. The van der Waals surface area contributed by atoms with Gasteiger partial charge in [-0.1, -0.05) is 20.8 Å². The summed E-state index contributed by atoms with van der Waals surface area (Å²) < 4.78 is 0. The van der Waals surface area contributed by atoms with E-state index >= 15 is 0 Å². The molecule has 0 aromatic carbocycles. The van der Waals surface area contributed by atoms with Crippen LogP contribution in [0, 0.1) is 5.41 Å². The fraction of sp³-hybridized carbons (Fsp3) is 1.00. The number of hydrogen-bond acceptors (Lipinski definition) is 3. The quantitative estimate of drug-likeness (QED) is 0.744. The van der Waals surface area contributed by atoms with Crippen LogP contribution >= 0.6 is 0 Å². The van der Waals surface area contributed by atoms with E-state index in [1.165, 1.54) is 52.1 Å². The van der Waals surface area contributed by atoms with Gasteiger partial charge in [-0.05, 0) is 31.3 Å². The largest absolute Gasteiger partial charge is 0.330 e. The highest BCUT2D eigenvalue weighted by Gasteiger charge is 2.28. The van der Waals surface area contributed by atoms with Gasteiger partial charge in [0.25, 0.3) is 0 Å². The molecule has 3 heteroatoms. The van der Waals surface area contributed by atoms with Crippen molar-refractivity contribution < 1.29 is 0 Å². The predicted molar refractivity (Wildman–Crippen MR) is 70.6 cm³/mol. The molecular formula is C13H29N3. The van der Waals surface area contributed by atoms with Crippen LogP contribution < -0.4 is 5.73 Å². The van der Waals surface area contributed by atoms with Crippen LogP contribution in [0.2, 0.25) is 0 Å². The van der Waals surface area contributed by atoms with Gasteiger partial charge >= 0.3 is 0 Å². The van der Waals surface area contributed by atoms with Crippen LogP contribution in [-0.4, -0.2) is 55.6 Å². The second-order valence-corrected chi connectivity index (χ2v) is 5.12. The Morgan fingerprint density at radius 2 is 1.44 bits per heavy atom. The molecule has 1 fully saturated rings. The molecule has 0 unspecified atom stereocenters. The average Bonchev–Trinajstić information content (AvgIpc) is 2.37. The van der Waals surface area contributed by atoms with Gasteiger partial charge in [0.2, 0.25) is 0 Å². The van der Waals surface area contributed by atoms with E-state index < -0.39 is 0 Å². The van der Waals surface area contributed by atoms with Gasteiger partial charge in [0.1, 0.15) is 0 Å². The fourth-order valence-electron chi connectivity index (χ4n) is 2.56. The SMILES string of the molecule is CCN1CCN(CC(CC)(CC)CN)CC1. The summed E-state index contributed by atoms with van der Waals surface area (Å²) in [5.74, 6) is 0. The van der Waals surface area contributed by atoms with Gasteiger partial charge in [0.05, 0.1) is 0 Å². The van der Waals surface area contributed by atoms with E-state index in [2.05, 4.69) is 30.6 Å². The molecule has 0 aliphatic carbocycles. The Bertz CT molecular complexity index is 173. The first-order chi connectivity index (χ1) is 7.69. The van der Waals surface area contributed by atoms with Gasteiger partial charge in [-0.25, -0.2) is 0 Å². The topological polar surface area (TPSA) is 32.5 Å². The summed E-state index contributed by atoms with van der Waals surface area (Å²) in [5.41, 5.74) is 6.32. The third kappa shape index (κ3) is 3.44. The van der Waals surface area contributed by atoms with Gasteiger partial charge < -0.3 is 15.5 Å². The average molecular weight is 227 g/mol. The van der Waals surface area contributed by atoms with E-state index in [4.69, 9.17) is 5.73 Å². The Morgan fingerprint density at radius 3 is 1.81 bits per heavy atom. The second-order valence-electron chi connectivity index (χ2n) is 5.12. The molecule has 3 nitrogen and oxygen atoms in total. The van der Waals surface area contributed by atoms with Crippen molar-refractivity contribution in [2.75, 3.05) is 45.8 Å². The van der Waals surface area contributed by atoms with Gasteiger partial charge in [-0.2, -0.15) is 0 Å². The van der Waals surface area contributed by atoms with E-state index in [9.17, 15) is 0 Å². The lowest BCUT2D eigenvalue weighted by Gasteiger charge is -2.40. The van der Waals surface area contributed by atoms with Crippen molar-refractivity contribution in [3.8, 4) is 0 Å². The predicted octanol–water partition coefficient (Wildman–Crippen LogP) is 1.39. The molecule has 0 bridgehead atoms. The second kappa shape index (κ2) is 6.58. The van der Waals surface area contributed by atoms with Crippen LogP contribution in [0.3, 0.4) is 0 Å². The third-order valence-electron chi connectivity index (χ3n) is 4.40. The molecule has 1 saturated heterocycles. The summed E-state index contributed by atoms with van der Waals surface area (Å²) in [6.07, 6.45) is 2.40. The number of piperazine rings is 1. The molecule has 0 spiro atoms. The molecule has 0 aromatic rings. The Labute approximate surface area is 101 Å². The van der Waals surface area contributed by atoms with Crippen molar-refractivity contribution in [1.82, 2.24) is 9.80 Å². The van der Waals surface area contributed by atoms with Gasteiger partial charge in [0.15, 0.2) is 0 Å². The first-order valence-corrected chi connectivity index (χ1v) is 6.84. The van der Waals surface area contributed by atoms with Crippen LogP contribution in [0.4, 0.5) is 0 Å². The maximum absolute atomic E-state index is 5.96. The molecule has 96 valence electrons. The lowest BCUT2D eigenvalue weighted by Crippen LogP contribution is -2.51. The lowest BCUT2D eigenvalue weighted by atomic mass is 9.82. The molecule has 1 heterocycles. The van der Waals surface area contributed by atoms with Crippen molar-refractivity contribution in [2.24, 2.45) is 11.1 Å². The van der Waals surface area contributed by atoms with E-state index in [1.807, 2.05) is 0 Å². The summed E-state index contributed by atoms with van der Waals surface area (Å²) in [6, 6.07) is 0. The van der Waals surface area contributed by atoms with E-state index in [1.54, 1.807) is 0 Å². The molecule has 0 aromatic heterocycles. The van der Waals surface area contributed by atoms with Crippen molar-refractivity contribution in [2.45, 2.75) is 33.6 Å². The van der Waals surface area contributed by atoms with Crippen molar-refractivity contribution in [1.29, 1.82) is 0 Å². The molecule has 1 aliphatic heterocycles. The zero-order valence-corrected chi connectivity index (χ0v) is 11.3. The minimum atomic E-state index is 0.356.